The summed E-state index contributed by atoms with van der Waals surface area (Å²) < 4.78 is 50.7. The minimum absolute atomic E-state index is 0.190. The first kappa shape index (κ1) is 18.1. The lowest BCUT2D eigenvalue weighted by Gasteiger charge is -2.12. The molecule has 8 heteroatoms. The molecule has 1 N–H and O–H groups in total. The summed E-state index contributed by atoms with van der Waals surface area (Å²) in [6, 6.07) is 4.09. The fourth-order valence-electron chi connectivity index (χ4n) is 1.47. The van der Waals surface area contributed by atoms with Gasteiger partial charge in [0.25, 0.3) is 0 Å². The molecule has 21 heavy (non-hydrogen) atoms. The first-order valence-electron chi connectivity index (χ1n) is 6.30. The van der Waals surface area contributed by atoms with E-state index in [-0.39, 0.29) is 10.2 Å². The Morgan fingerprint density at radius 3 is 2.57 bits per heavy atom. The second-order valence-electron chi connectivity index (χ2n) is 4.08. The van der Waals surface area contributed by atoms with Crippen LogP contribution in [0.1, 0.15) is 6.42 Å². The zero-order chi connectivity index (χ0) is 15.7. The van der Waals surface area contributed by atoms with E-state index in [9.17, 15) is 13.2 Å². The quantitative estimate of drug-likeness (QED) is 0.675. The average Bonchev–Trinajstić information content (AvgIpc) is 2.39. The first-order chi connectivity index (χ1) is 9.92. The van der Waals surface area contributed by atoms with Gasteiger partial charge in [-0.2, -0.15) is 0 Å². The minimum Gasteiger partial charge on any atom is -0.494 e. The zero-order valence-corrected chi connectivity index (χ0v) is 13.1. The Balaban J connectivity index is 2.32. The molecule has 0 aliphatic heterocycles. The third-order valence-corrected chi connectivity index (χ3v) is 3.00. The fourth-order valence-corrected chi connectivity index (χ4v) is 1.90. The van der Waals surface area contributed by atoms with Crippen molar-refractivity contribution in [3.8, 4) is 11.5 Å². The number of benzene rings is 1. The van der Waals surface area contributed by atoms with Crippen LogP contribution in [0.25, 0.3) is 0 Å². The van der Waals surface area contributed by atoms with Gasteiger partial charge in [-0.05, 0) is 47.1 Å². The number of nitrogens with one attached hydrogen (secondary N) is 1. The van der Waals surface area contributed by atoms with Crippen molar-refractivity contribution >= 4 is 15.9 Å². The highest BCUT2D eigenvalue weighted by atomic mass is 79.9. The van der Waals surface area contributed by atoms with Crippen LogP contribution in [0.4, 0.5) is 13.2 Å². The summed E-state index contributed by atoms with van der Waals surface area (Å²) in [5, 5.41) is 3.16. The summed E-state index contributed by atoms with van der Waals surface area (Å²) >= 11 is 3.02. The normalized spacial score (nSPS) is 11.5. The molecule has 120 valence electrons. The molecule has 0 unspecified atom stereocenters. The number of hydrogen-bond acceptors (Lipinski definition) is 4. The Morgan fingerprint density at radius 1 is 1.19 bits per heavy atom. The van der Waals surface area contributed by atoms with Crippen LogP contribution in [0.5, 0.6) is 11.5 Å². The van der Waals surface area contributed by atoms with E-state index in [0.29, 0.717) is 19.0 Å². The molecule has 0 aliphatic rings. The van der Waals surface area contributed by atoms with Gasteiger partial charge in [0.15, 0.2) is 0 Å². The molecule has 1 aromatic carbocycles. The van der Waals surface area contributed by atoms with E-state index in [1.54, 1.807) is 7.11 Å². The Labute approximate surface area is 129 Å². The van der Waals surface area contributed by atoms with Crippen LogP contribution in [0.3, 0.4) is 0 Å². The van der Waals surface area contributed by atoms with E-state index in [2.05, 4.69) is 26.0 Å². The summed E-state index contributed by atoms with van der Waals surface area (Å²) in [5.74, 6) is 0.185. The van der Waals surface area contributed by atoms with E-state index in [4.69, 9.17) is 9.47 Å². The molecule has 4 nitrogen and oxygen atoms in total. The summed E-state index contributed by atoms with van der Waals surface area (Å²) in [7, 11) is 1.63. The van der Waals surface area contributed by atoms with E-state index >= 15 is 0 Å². The monoisotopic (exact) mass is 371 g/mol. The molecule has 0 saturated heterocycles. The Bertz CT molecular complexity index is 430. The van der Waals surface area contributed by atoms with Crippen molar-refractivity contribution < 1.29 is 27.4 Å². The van der Waals surface area contributed by atoms with Crippen molar-refractivity contribution in [1.29, 1.82) is 0 Å². The second kappa shape index (κ2) is 9.11. The molecule has 0 fully saturated rings. The molecule has 0 aliphatic carbocycles. The van der Waals surface area contributed by atoms with Gasteiger partial charge in [-0.3, -0.25) is 0 Å². The van der Waals surface area contributed by atoms with E-state index < -0.39 is 6.36 Å². The van der Waals surface area contributed by atoms with Crippen LogP contribution in [0.15, 0.2) is 22.7 Å². The highest BCUT2D eigenvalue weighted by Gasteiger charge is 2.31. The van der Waals surface area contributed by atoms with Crippen molar-refractivity contribution in [1.82, 2.24) is 5.32 Å². The van der Waals surface area contributed by atoms with Gasteiger partial charge in [-0.1, -0.05) is 0 Å². The molecule has 1 aromatic rings. The maximum atomic E-state index is 12.1. The Hall–Kier alpha value is -0.990. The standard InChI is InChI=1S/C13H17BrF3NO3/c1-19-8-6-18-5-2-7-20-10-3-4-12(11(14)9-10)21-13(15,16)17/h3-4,9,18H,2,5-8H2,1H3. The molecule has 1 rings (SSSR count). The first-order valence-corrected chi connectivity index (χ1v) is 7.09. The lowest BCUT2D eigenvalue weighted by Crippen LogP contribution is -2.21. The zero-order valence-electron chi connectivity index (χ0n) is 11.5. The van der Waals surface area contributed by atoms with E-state index in [1.807, 2.05) is 0 Å². The number of methoxy groups -OCH3 is 1. The maximum absolute atomic E-state index is 12.1. The number of alkyl halides is 3. The molecule has 0 bridgehead atoms. The maximum Gasteiger partial charge on any atom is 0.573 e. The van der Waals surface area contributed by atoms with Gasteiger partial charge in [0.2, 0.25) is 0 Å². The fraction of sp³-hybridized carbons (Fsp3) is 0.538. The lowest BCUT2D eigenvalue weighted by molar-refractivity contribution is -0.274. The Morgan fingerprint density at radius 2 is 1.95 bits per heavy atom. The SMILES string of the molecule is COCCNCCCOc1ccc(OC(F)(F)F)c(Br)c1. The molecule has 0 radical (unpaired) electrons. The van der Waals surface area contributed by atoms with Gasteiger partial charge in [-0.25, -0.2) is 0 Å². The van der Waals surface area contributed by atoms with Crippen LogP contribution in [0, 0.1) is 0 Å². The van der Waals surface area contributed by atoms with Crippen molar-refractivity contribution in [2.45, 2.75) is 12.8 Å². The van der Waals surface area contributed by atoms with Gasteiger partial charge in [-0.15, -0.1) is 13.2 Å². The predicted molar refractivity (Wildman–Crippen MR) is 75.7 cm³/mol. The van der Waals surface area contributed by atoms with Gasteiger partial charge in [0.05, 0.1) is 17.7 Å². The molecule has 0 aromatic heterocycles. The van der Waals surface area contributed by atoms with Crippen molar-refractivity contribution in [3.05, 3.63) is 22.7 Å². The van der Waals surface area contributed by atoms with Crippen LogP contribution in [0.2, 0.25) is 0 Å². The third-order valence-electron chi connectivity index (χ3n) is 2.38. The van der Waals surface area contributed by atoms with Crippen LogP contribution in [-0.2, 0) is 4.74 Å². The van der Waals surface area contributed by atoms with Gasteiger partial charge in [0, 0.05) is 13.7 Å². The number of hydrogen-bond donors (Lipinski definition) is 1. The van der Waals surface area contributed by atoms with Gasteiger partial charge < -0.3 is 19.5 Å². The largest absolute Gasteiger partial charge is 0.573 e. The highest BCUT2D eigenvalue weighted by molar-refractivity contribution is 9.10. The van der Waals surface area contributed by atoms with Crippen molar-refractivity contribution in [2.75, 3.05) is 33.4 Å². The number of rotatable bonds is 9. The average molecular weight is 372 g/mol. The summed E-state index contributed by atoms with van der Waals surface area (Å²) in [6.45, 7) is 2.66. The van der Waals surface area contributed by atoms with E-state index in [0.717, 1.165) is 19.5 Å². The molecular weight excluding hydrogens is 355 g/mol. The minimum atomic E-state index is -4.71. The summed E-state index contributed by atoms with van der Waals surface area (Å²) in [6.07, 6.45) is -3.93. The van der Waals surface area contributed by atoms with Gasteiger partial charge in [0.1, 0.15) is 11.5 Å². The number of ether oxygens (including phenoxy) is 3. The van der Waals surface area contributed by atoms with Crippen LogP contribution >= 0.6 is 15.9 Å². The summed E-state index contributed by atoms with van der Waals surface area (Å²) in [4.78, 5) is 0. The topological polar surface area (TPSA) is 39.7 Å². The molecule has 0 amide bonds. The number of halogens is 4. The smallest absolute Gasteiger partial charge is 0.494 e. The molecule has 0 heterocycles. The van der Waals surface area contributed by atoms with Crippen molar-refractivity contribution in [2.24, 2.45) is 0 Å². The molecule has 0 atom stereocenters. The summed E-state index contributed by atoms with van der Waals surface area (Å²) in [5.41, 5.74) is 0. The third kappa shape index (κ3) is 8.13. The molecule has 0 spiro atoms. The predicted octanol–water partition coefficient (Wildman–Crippen LogP) is 3.35. The van der Waals surface area contributed by atoms with Crippen LogP contribution < -0.4 is 14.8 Å². The van der Waals surface area contributed by atoms with Crippen LogP contribution in [-0.4, -0.2) is 39.8 Å². The molecular formula is C13H17BrF3NO3. The van der Waals surface area contributed by atoms with Gasteiger partial charge >= 0.3 is 6.36 Å². The van der Waals surface area contributed by atoms with E-state index in [1.165, 1.54) is 18.2 Å². The lowest BCUT2D eigenvalue weighted by atomic mass is 10.3. The highest BCUT2D eigenvalue weighted by Crippen LogP contribution is 2.33. The van der Waals surface area contributed by atoms with Crippen molar-refractivity contribution in [3.63, 3.8) is 0 Å². The second-order valence-corrected chi connectivity index (χ2v) is 4.94. The molecule has 0 saturated carbocycles. The Kier molecular flexibility index (Phi) is 7.84.